The van der Waals surface area contributed by atoms with Crippen molar-refractivity contribution in [3.8, 4) is 0 Å². The van der Waals surface area contributed by atoms with Crippen LogP contribution in [0, 0.1) is 11.3 Å². The van der Waals surface area contributed by atoms with Crippen LogP contribution in [0.2, 0.25) is 0 Å². The Morgan fingerprint density at radius 1 is 1.19 bits per heavy atom. The quantitative estimate of drug-likeness (QED) is 0.652. The predicted molar refractivity (Wildman–Crippen MR) is 98.1 cm³/mol. The van der Waals surface area contributed by atoms with Crippen molar-refractivity contribution in [2.75, 3.05) is 13.1 Å². The summed E-state index contributed by atoms with van der Waals surface area (Å²) >= 11 is 0. The average Bonchev–Trinajstić information content (AvgIpc) is 2.95. The Morgan fingerprint density at radius 2 is 1.81 bits per heavy atom. The maximum absolute atomic E-state index is 12.6. The van der Waals surface area contributed by atoms with Gasteiger partial charge in [0.15, 0.2) is 0 Å². The van der Waals surface area contributed by atoms with Crippen LogP contribution in [-0.4, -0.2) is 29.7 Å². The molecule has 1 heterocycles. The molecule has 1 aliphatic heterocycles. The Balaban J connectivity index is 1.50. The molecule has 1 aromatic rings. The van der Waals surface area contributed by atoms with Crippen molar-refractivity contribution in [1.29, 1.82) is 0 Å². The van der Waals surface area contributed by atoms with E-state index in [4.69, 9.17) is 4.74 Å². The number of hydrogen-bond donors (Lipinski definition) is 0. The summed E-state index contributed by atoms with van der Waals surface area (Å²) in [6, 6.07) is 5.20. The first-order valence-electron chi connectivity index (χ1n) is 9.29. The highest BCUT2D eigenvalue weighted by Gasteiger charge is 2.49. The zero-order chi connectivity index (χ0) is 19.9. The molecule has 148 valence electrons. The van der Waals surface area contributed by atoms with Gasteiger partial charge in [-0.15, -0.1) is 0 Å². The number of nitrogens with zero attached hydrogens (tertiary/aromatic N) is 1. The number of carbonyl (C=O) groups is 1. The van der Waals surface area contributed by atoms with Gasteiger partial charge in [0.2, 0.25) is 0 Å². The van der Waals surface area contributed by atoms with Crippen LogP contribution in [0.5, 0.6) is 0 Å². The van der Waals surface area contributed by atoms with E-state index in [0.29, 0.717) is 5.92 Å². The lowest BCUT2D eigenvalue weighted by Gasteiger charge is -2.44. The number of alkyl halides is 3. The number of allylic oxidation sites excluding steroid dienone is 1. The molecule has 0 aromatic heterocycles. The largest absolute Gasteiger partial charge is 0.444 e. The van der Waals surface area contributed by atoms with Crippen molar-refractivity contribution in [1.82, 2.24) is 4.90 Å². The number of amides is 1. The van der Waals surface area contributed by atoms with Gasteiger partial charge in [-0.05, 0) is 69.1 Å². The second kappa shape index (κ2) is 6.88. The van der Waals surface area contributed by atoms with Gasteiger partial charge in [-0.1, -0.05) is 24.3 Å². The molecule has 2 aliphatic rings. The molecule has 2 fully saturated rings. The van der Waals surface area contributed by atoms with Gasteiger partial charge in [0.25, 0.3) is 0 Å². The highest BCUT2D eigenvalue weighted by Crippen LogP contribution is 2.52. The van der Waals surface area contributed by atoms with Crippen LogP contribution in [0.25, 0.3) is 6.08 Å². The van der Waals surface area contributed by atoms with Crippen LogP contribution in [0.4, 0.5) is 18.0 Å². The number of benzene rings is 1. The molecule has 3 rings (SSSR count). The zero-order valence-electron chi connectivity index (χ0n) is 16.0. The Kier molecular flexibility index (Phi) is 5.04. The van der Waals surface area contributed by atoms with Crippen LogP contribution in [0.15, 0.2) is 30.3 Å². The van der Waals surface area contributed by atoms with Gasteiger partial charge in [0.1, 0.15) is 5.60 Å². The molecule has 1 spiro atoms. The average molecular weight is 381 g/mol. The van der Waals surface area contributed by atoms with Crippen molar-refractivity contribution in [3.05, 3.63) is 41.5 Å². The third-order valence-electron chi connectivity index (χ3n) is 5.28. The van der Waals surface area contributed by atoms with Crippen molar-refractivity contribution < 1.29 is 22.7 Å². The normalized spacial score (nSPS) is 25.9. The molecule has 1 amide bonds. The molecule has 0 bridgehead atoms. The molecular formula is C21H26F3NO2. The maximum Gasteiger partial charge on any atom is 0.416 e. The van der Waals surface area contributed by atoms with E-state index in [1.165, 1.54) is 12.1 Å². The van der Waals surface area contributed by atoms with Gasteiger partial charge < -0.3 is 9.64 Å². The van der Waals surface area contributed by atoms with Crippen LogP contribution < -0.4 is 0 Å². The van der Waals surface area contributed by atoms with Gasteiger partial charge >= 0.3 is 12.3 Å². The number of rotatable bonds is 2. The molecule has 1 saturated carbocycles. The molecular weight excluding hydrogens is 355 g/mol. The van der Waals surface area contributed by atoms with E-state index >= 15 is 0 Å². The lowest BCUT2D eigenvalue weighted by atomic mass is 9.61. The molecule has 0 N–H and O–H groups in total. The van der Waals surface area contributed by atoms with E-state index in [1.807, 2.05) is 26.8 Å². The summed E-state index contributed by atoms with van der Waals surface area (Å²) in [6.07, 6.45) is 2.40. The Morgan fingerprint density at radius 3 is 2.37 bits per heavy atom. The van der Waals surface area contributed by atoms with Gasteiger partial charge in [-0.25, -0.2) is 4.79 Å². The van der Waals surface area contributed by atoms with Gasteiger partial charge in [0, 0.05) is 13.1 Å². The minimum Gasteiger partial charge on any atom is -0.444 e. The summed E-state index contributed by atoms with van der Waals surface area (Å²) in [4.78, 5) is 14.0. The van der Waals surface area contributed by atoms with Crippen molar-refractivity contribution in [2.45, 2.75) is 51.8 Å². The maximum atomic E-state index is 12.6. The fourth-order valence-corrected chi connectivity index (χ4v) is 3.97. The minimum absolute atomic E-state index is 0.173. The van der Waals surface area contributed by atoms with E-state index < -0.39 is 17.3 Å². The summed E-state index contributed by atoms with van der Waals surface area (Å²) in [5.41, 5.74) is -0.174. The Labute approximate surface area is 158 Å². The number of hydrogen-bond acceptors (Lipinski definition) is 2. The fraction of sp³-hybridized carbons (Fsp3) is 0.571. The third kappa shape index (κ3) is 4.85. The standard InChI is InChI=1S/C21H26F3NO2/c1-19(2,3)27-18(26)25-11-10-20(14-25)12-16(13-20)5-4-15-6-8-17(9-7-15)21(22,23)24/h4-9,16H,10-14H2,1-3H3/b5-4+. The summed E-state index contributed by atoms with van der Waals surface area (Å²) < 4.78 is 43.2. The second-order valence-electron chi connectivity index (χ2n) is 8.80. The van der Waals surface area contributed by atoms with E-state index in [1.54, 1.807) is 4.90 Å². The molecule has 1 saturated heterocycles. The third-order valence-corrected chi connectivity index (χ3v) is 5.28. The molecule has 0 unspecified atom stereocenters. The topological polar surface area (TPSA) is 29.5 Å². The lowest BCUT2D eigenvalue weighted by molar-refractivity contribution is -0.137. The molecule has 6 heteroatoms. The van der Waals surface area contributed by atoms with Gasteiger partial charge in [-0.3, -0.25) is 0 Å². The molecule has 1 aliphatic carbocycles. The van der Waals surface area contributed by atoms with Crippen molar-refractivity contribution in [3.63, 3.8) is 0 Å². The second-order valence-corrected chi connectivity index (χ2v) is 8.80. The predicted octanol–water partition coefficient (Wildman–Crippen LogP) is 5.76. The first-order chi connectivity index (χ1) is 12.5. The highest BCUT2D eigenvalue weighted by molar-refractivity contribution is 5.68. The molecule has 3 nitrogen and oxygen atoms in total. The minimum atomic E-state index is -4.30. The van der Waals surface area contributed by atoms with Crippen molar-refractivity contribution >= 4 is 12.2 Å². The van der Waals surface area contributed by atoms with Crippen LogP contribution in [0.1, 0.15) is 51.2 Å². The van der Waals surface area contributed by atoms with Gasteiger partial charge in [-0.2, -0.15) is 13.2 Å². The number of ether oxygens (including phenoxy) is 1. The van der Waals surface area contributed by atoms with Crippen LogP contribution in [0.3, 0.4) is 0 Å². The summed E-state index contributed by atoms with van der Waals surface area (Å²) in [6.45, 7) is 7.04. The molecule has 1 aromatic carbocycles. The summed E-state index contributed by atoms with van der Waals surface area (Å²) in [7, 11) is 0. The first-order valence-corrected chi connectivity index (χ1v) is 9.29. The lowest BCUT2D eigenvalue weighted by Crippen LogP contribution is -2.41. The number of halogens is 3. The monoisotopic (exact) mass is 381 g/mol. The SMILES string of the molecule is CC(C)(C)OC(=O)N1CCC2(CC(/C=C/c3ccc(C(F)(F)F)cc3)C2)C1. The number of likely N-dealkylation sites (tertiary alicyclic amines) is 1. The Hall–Kier alpha value is -1.98. The molecule has 0 radical (unpaired) electrons. The number of carbonyl (C=O) groups excluding carboxylic acids is 1. The molecule has 27 heavy (non-hydrogen) atoms. The summed E-state index contributed by atoms with van der Waals surface area (Å²) in [5.74, 6) is 0.408. The summed E-state index contributed by atoms with van der Waals surface area (Å²) in [5, 5.41) is 0. The van der Waals surface area contributed by atoms with Gasteiger partial charge in [0.05, 0.1) is 5.56 Å². The fourth-order valence-electron chi connectivity index (χ4n) is 3.97. The smallest absolute Gasteiger partial charge is 0.416 e. The zero-order valence-corrected chi connectivity index (χ0v) is 16.0. The van der Waals surface area contributed by atoms with Crippen LogP contribution in [-0.2, 0) is 10.9 Å². The van der Waals surface area contributed by atoms with Crippen LogP contribution >= 0.6 is 0 Å². The Bertz CT molecular complexity index is 710. The van der Waals surface area contributed by atoms with Crippen molar-refractivity contribution in [2.24, 2.45) is 11.3 Å². The molecule has 0 atom stereocenters. The first kappa shape index (κ1) is 19.8. The van der Waals surface area contributed by atoms with E-state index in [9.17, 15) is 18.0 Å². The van der Waals surface area contributed by atoms with E-state index in [0.717, 1.165) is 50.0 Å². The highest BCUT2D eigenvalue weighted by atomic mass is 19.4. The van der Waals surface area contributed by atoms with E-state index in [-0.39, 0.29) is 11.5 Å². The van der Waals surface area contributed by atoms with E-state index in [2.05, 4.69) is 6.08 Å².